The fraction of sp³-hybridized carbons (Fsp3) is 0.0714. The molecule has 0 saturated heterocycles. The number of rotatable bonds is 5. The van der Waals surface area contributed by atoms with Crippen molar-refractivity contribution in [2.75, 3.05) is 11.9 Å². The average molecular weight is 541 g/mol. The number of carbonyl (C=O) groups excluding carboxylic acids is 1. The molecule has 4 aromatic carbocycles. The lowest BCUT2D eigenvalue weighted by Gasteiger charge is -2.16. The SMILES string of the molecule is O=C(Nc1ccc(Oc2c(F)c(F)cc(F)c2F)cc1)N1CC(c2ccc(F)cc2)C(c2ccc(F)cc2)=N1. The van der Waals surface area contributed by atoms with Gasteiger partial charge in [0.15, 0.2) is 11.6 Å². The van der Waals surface area contributed by atoms with Crippen molar-refractivity contribution in [1.82, 2.24) is 5.01 Å². The van der Waals surface area contributed by atoms with Crippen LogP contribution in [0.2, 0.25) is 0 Å². The van der Waals surface area contributed by atoms with Crippen LogP contribution in [0.25, 0.3) is 0 Å². The van der Waals surface area contributed by atoms with Gasteiger partial charge in [-0.3, -0.25) is 0 Å². The van der Waals surface area contributed by atoms with Gasteiger partial charge in [-0.15, -0.1) is 0 Å². The Morgan fingerprint density at radius 3 is 1.95 bits per heavy atom. The molecule has 39 heavy (non-hydrogen) atoms. The van der Waals surface area contributed by atoms with E-state index in [9.17, 15) is 31.1 Å². The van der Waals surface area contributed by atoms with Crippen LogP contribution in [0.15, 0.2) is 84.0 Å². The van der Waals surface area contributed by atoms with E-state index in [1.54, 1.807) is 12.1 Å². The highest BCUT2D eigenvalue weighted by Gasteiger charge is 2.32. The number of nitrogens with zero attached hydrogens (tertiary/aromatic N) is 2. The summed E-state index contributed by atoms with van der Waals surface area (Å²) in [6, 6.07) is 15.9. The van der Waals surface area contributed by atoms with Gasteiger partial charge in [0.2, 0.25) is 17.4 Å². The van der Waals surface area contributed by atoms with Crippen LogP contribution in [0, 0.1) is 34.9 Å². The van der Waals surface area contributed by atoms with Crippen molar-refractivity contribution < 1.29 is 35.9 Å². The lowest BCUT2D eigenvalue weighted by atomic mass is 9.90. The molecule has 1 unspecified atom stereocenters. The third kappa shape index (κ3) is 5.42. The molecule has 11 heteroatoms. The molecule has 0 spiro atoms. The number of anilines is 1. The van der Waals surface area contributed by atoms with Crippen molar-refractivity contribution in [2.45, 2.75) is 5.92 Å². The number of urea groups is 1. The predicted molar refractivity (Wildman–Crippen MR) is 131 cm³/mol. The van der Waals surface area contributed by atoms with Crippen LogP contribution < -0.4 is 10.1 Å². The summed E-state index contributed by atoms with van der Waals surface area (Å²) in [5.74, 6) is -9.28. The highest BCUT2D eigenvalue weighted by molar-refractivity contribution is 6.07. The van der Waals surface area contributed by atoms with E-state index in [0.717, 1.165) is 5.01 Å². The Morgan fingerprint density at radius 1 is 0.795 bits per heavy atom. The molecule has 2 amide bonds. The molecule has 0 radical (unpaired) electrons. The van der Waals surface area contributed by atoms with E-state index in [2.05, 4.69) is 10.4 Å². The minimum absolute atomic E-state index is 0.0686. The van der Waals surface area contributed by atoms with E-state index in [1.807, 2.05) is 0 Å². The molecule has 0 aliphatic carbocycles. The number of halogens is 6. The molecule has 1 atom stereocenters. The van der Waals surface area contributed by atoms with Crippen LogP contribution in [0.3, 0.4) is 0 Å². The molecule has 0 saturated carbocycles. The van der Waals surface area contributed by atoms with Gasteiger partial charge < -0.3 is 10.1 Å². The zero-order valence-corrected chi connectivity index (χ0v) is 19.8. The number of carbonyl (C=O) groups is 1. The third-order valence-corrected chi connectivity index (χ3v) is 5.96. The van der Waals surface area contributed by atoms with Gasteiger partial charge in [0.1, 0.15) is 17.4 Å². The molecule has 0 fully saturated rings. The summed E-state index contributed by atoms with van der Waals surface area (Å²) >= 11 is 0. The van der Waals surface area contributed by atoms with Gasteiger partial charge in [-0.2, -0.15) is 13.9 Å². The summed E-state index contributed by atoms with van der Waals surface area (Å²) in [6.45, 7) is 0.106. The van der Waals surface area contributed by atoms with E-state index in [4.69, 9.17) is 4.74 Å². The molecular formula is C28H17F6N3O2. The second-order valence-corrected chi connectivity index (χ2v) is 8.53. The van der Waals surface area contributed by atoms with E-state index >= 15 is 0 Å². The van der Waals surface area contributed by atoms with Crippen LogP contribution >= 0.6 is 0 Å². The molecule has 4 aromatic rings. The van der Waals surface area contributed by atoms with Crippen LogP contribution in [-0.4, -0.2) is 23.3 Å². The second-order valence-electron chi connectivity index (χ2n) is 8.53. The van der Waals surface area contributed by atoms with Gasteiger partial charge >= 0.3 is 6.03 Å². The van der Waals surface area contributed by atoms with Crippen molar-refractivity contribution in [3.8, 4) is 11.5 Å². The molecule has 1 heterocycles. The molecule has 0 aromatic heterocycles. The third-order valence-electron chi connectivity index (χ3n) is 5.96. The highest BCUT2D eigenvalue weighted by Crippen LogP contribution is 2.32. The topological polar surface area (TPSA) is 53.9 Å². The van der Waals surface area contributed by atoms with Crippen LogP contribution in [0.4, 0.5) is 36.8 Å². The maximum atomic E-state index is 13.9. The first kappa shape index (κ1) is 25.8. The first-order chi connectivity index (χ1) is 18.7. The molecule has 0 bridgehead atoms. The average Bonchev–Trinajstić information content (AvgIpc) is 3.37. The minimum atomic E-state index is -1.69. The van der Waals surface area contributed by atoms with Crippen LogP contribution in [0.5, 0.6) is 11.5 Å². The number of hydrogen-bond acceptors (Lipinski definition) is 3. The van der Waals surface area contributed by atoms with Crippen molar-refractivity contribution in [3.05, 3.63) is 125 Å². The molecule has 5 nitrogen and oxygen atoms in total. The van der Waals surface area contributed by atoms with Crippen LogP contribution in [0.1, 0.15) is 17.0 Å². The molecule has 5 rings (SSSR count). The van der Waals surface area contributed by atoms with Gasteiger partial charge in [-0.1, -0.05) is 24.3 Å². The summed E-state index contributed by atoms with van der Waals surface area (Å²) in [4.78, 5) is 13.0. The Labute approximate surface area is 218 Å². The fourth-order valence-electron chi connectivity index (χ4n) is 4.02. The Hall–Kier alpha value is -4.80. The van der Waals surface area contributed by atoms with Gasteiger partial charge in [0.05, 0.1) is 12.3 Å². The molecular weight excluding hydrogens is 524 g/mol. The lowest BCUT2D eigenvalue weighted by molar-refractivity contribution is 0.218. The van der Waals surface area contributed by atoms with Crippen molar-refractivity contribution >= 4 is 17.4 Å². The molecule has 1 aliphatic heterocycles. The highest BCUT2D eigenvalue weighted by atomic mass is 19.2. The maximum Gasteiger partial charge on any atom is 0.342 e. The standard InChI is InChI=1S/C28H17F6N3O2/c29-17-5-1-15(2-6-17)21-14-37(36-26(21)16-3-7-18(30)8-4-16)28(38)35-19-9-11-20(12-10-19)39-27-24(33)22(31)13-23(32)25(27)34/h1-13,21H,14H2,(H,35,38). The fourth-order valence-corrected chi connectivity index (χ4v) is 4.02. The summed E-state index contributed by atoms with van der Waals surface area (Å²) < 4.78 is 86.6. The molecule has 1 aliphatic rings. The van der Waals surface area contributed by atoms with Crippen molar-refractivity contribution in [1.29, 1.82) is 0 Å². The lowest BCUT2D eigenvalue weighted by Crippen LogP contribution is -2.30. The Bertz CT molecular complexity index is 1530. The summed E-state index contributed by atoms with van der Waals surface area (Å²) in [5.41, 5.74) is 2.01. The summed E-state index contributed by atoms with van der Waals surface area (Å²) in [5, 5.41) is 8.19. The number of hydrogen-bond donors (Lipinski definition) is 1. The summed E-state index contributed by atoms with van der Waals surface area (Å²) in [6.07, 6.45) is 0. The minimum Gasteiger partial charge on any atom is -0.451 e. The second kappa shape index (κ2) is 10.5. The van der Waals surface area contributed by atoms with Crippen molar-refractivity contribution in [3.63, 3.8) is 0 Å². The van der Waals surface area contributed by atoms with E-state index in [-0.39, 0.29) is 24.0 Å². The predicted octanol–water partition coefficient (Wildman–Crippen LogP) is 7.35. The van der Waals surface area contributed by atoms with Crippen LogP contribution in [-0.2, 0) is 0 Å². The Morgan fingerprint density at radius 2 is 1.36 bits per heavy atom. The molecule has 1 N–H and O–H groups in total. The smallest absolute Gasteiger partial charge is 0.342 e. The van der Waals surface area contributed by atoms with E-state index in [1.165, 1.54) is 60.7 Å². The first-order valence-corrected chi connectivity index (χ1v) is 11.5. The number of nitrogens with one attached hydrogen (secondary N) is 1. The zero-order valence-electron chi connectivity index (χ0n) is 19.8. The zero-order chi connectivity index (χ0) is 27.7. The Balaban J connectivity index is 1.33. The van der Waals surface area contributed by atoms with Gasteiger partial charge in [0, 0.05) is 17.7 Å². The van der Waals surface area contributed by atoms with Crippen molar-refractivity contribution in [2.24, 2.45) is 5.10 Å². The molecule has 198 valence electrons. The first-order valence-electron chi connectivity index (χ1n) is 11.5. The normalized spacial score (nSPS) is 14.8. The number of ether oxygens (including phenoxy) is 1. The quantitative estimate of drug-likeness (QED) is 0.212. The van der Waals surface area contributed by atoms with E-state index in [0.29, 0.717) is 16.8 Å². The summed E-state index contributed by atoms with van der Waals surface area (Å²) in [7, 11) is 0. The van der Waals surface area contributed by atoms with E-state index < -0.39 is 52.6 Å². The van der Waals surface area contributed by atoms with Gasteiger partial charge in [0.25, 0.3) is 0 Å². The van der Waals surface area contributed by atoms with Gasteiger partial charge in [-0.25, -0.2) is 27.4 Å². The maximum absolute atomic E-state index is 13.9. The number of amides is 2. The number of hydrazone groups is 1. The monoisotopic (exact) mass is 541 g/mol. The Kier molecular flexibility index (Phi) is 6.97. The van der Waals surface area contributed by atoms with Gasteiger partial charge in [-0.05, 0) is 59.7 Å². The number of benzene rings is 4. The largest absolute Gasteiger partial charge is 0.451 e.